The zero-order valence-electron chi connectivity index (χ0n) is 15.1. The van der Waals surface area contributed by atoms with Gasteiger partial charge in [0.15, 0.2) is 0 Å². The normalized spacial score (nSPS) is 16.2. The molecule has 134 valence electrons. The fraction of sp³-hybridized carbons (Fsp3) is 0.286. The number of halogens is 1. The number of nitrogens with one attached hydrogen (secondary N) is 2. The van der Waals surface area contributed by atoms with Crippen LogP contribution in [0.4, 0.5) is 10.2 Å². The molecule has 4 rings (SSSR count). The molecule has 0 radical (unpaired) electrons. The summed E-state index contributed by atoms with van der Waals surface area (Å²) in [5.74, 6) is 1.29. The first-order chi connectivity index (χ1) is 12.7. The maximum Gasteiger partial charge on any atom is 0.132 e. The summed E-state index contributed by atoms with van der Waals surface area (Å²) in [6.45, 7) is 4.81. The Morgan fingerprint density at radius 3 is 2.73 bits per heavy atom. The SMILES string of the molecule is CNCC1CNc2c(-c3cccc(C)c3)c(-c3ccc(F)cc3)nn2C1. The molecule has 1 aliphatic rings. The molecule has 2 aromatic carbocycles. The monoisotopic (exact) mass is 350 g/mol. The Labute approximate surface area is 153 Å². The van der Waals surface area contributed by atoms with E-state index in [2.05, 4.69) is 46.5 Å². The number of benzene rings is 2. The van der Waals surface area contributed by atoms with Crippen LogP contribution in [0.15, 0.2) is 48.5 Å². The summed E-state index contributed by atoms with van der Waals surface area (Å²) in [6, 6.07) is 15.0. The predicted octanol–water partition coefficient (Wildman–Crippen LogP) is 3.93. The van der Waals surface area contributed by atoms with Gasteiger partial charge in [-0.1, -0.05) is 29.8 Å². The third-order valence-corrected chi connectivity index (χ3v) is 4.86. The minimum Gasteiger partial charge on any atom is -0.369 e. The third-order valence-electron chi connectivity index (χ3n) is 4.86. The number of nitrogens with zero attached hydrogens (tertiary/aromatic N) is 2. The van der Waals surface area contributed by atoms with Crippen LogP contribution in [0.25, 0.3) is 22.4 Å². The molecule has 0 bridgehead atoms. The van der Waals surface area contributed by atoms with E-state index in [4.69, 9.17) is 5.10 Å². The summed E-state index contributed by atoms with van der Waals surface area (Å²) < 4.78 is 15.5. The van der Waals surface area contributed by atoms with Gasteiger partial charge in [-0.3, -0.25) is 0 Å². The molecule has 4 nitrogen and oxygen atoms in total. The Hall–Kier alpha value is -2.66. The lowest BCUT2D eigenvalue weighted by Crippen LogP contribution is -2.34. The van der Waals surface area contributed by atoms with Gasteiger partial charge in [0.1, 0.15) is 17.3 Å². The van der Waals surface area contributed by atoms with E-state index in [1.807, 2.05) is 7.05 Å². The molecule has 0 saturated carbocycles. The van der Waals surface area contributed by atoms with Gasteiger partial charge in [0.05, 0.1) is 5.56 Å². The Morgan fingerprint density at radius 1 is 1.19 bits per heavy atom. The molecule has 1 aromatic heterocycles. The Balaban J connectivity index is 1.86. The van der Waals surface area contributed by atoms with E-state index in [1.54, 1.807) is 12.1 Å². The summed E-state index contributed by atoms with van der Waals surface area (Å²) in [5.41, 5.74) is 5.24. The summed E-state index contributed by atoms with van der Waals surface area (Å²) in [4.78, 5) is 0. The minimum absolute atomic E-state index is 0.234. The van der Waals surface area contributed by atoms with Gasteiger partial charge in [0.2, 0.25) is 0 Å². The van der Waals surface area contributed by atoms with E-state index >= 15 is 0 Å². The first-order valence-electron chi connectivity index (χ1n) is 8.98. The third kappa shape index (κ3) is 3.10. The van der Waals surface area contributed by atoms with Crippen LogP contribution in [-0.2, 0) is 6.54 Å². The number of anilines is 1. The first kappa shape index (κ1) is 16.8. The van der Waals surface area contributed by atoms with Crippen molar-refractivity contribution in [2.45, 2.75) is 13.5 Å². The molecular weight excluding hydrogens is 327 g/mol. The second-order valence-electron chi connectivity index (χ2n) is 6.94. The second-order valence-corrected chi connectivity index (χ2v) is 6.94. The van der Waals surface area contributed by atoms with Crippen molar-refractivity contribution in [1.29, 1.82) is 0 Å². The summed E-state index contributed by atoms with van der Waals surface area (Å²) in [7, 11) is 1.97. The number of aryl methyl sites for hydroxylation is 1. The first-order valence-corrected chi connectivity index (χ1v) is 8.98. The van der Waals surface area contributed by atoms with Crippen molar-refractivity contribution in [1.82, 2.24) is 15.1 Å². The molecule has 0 amide bonds. The van der Waals surface area contributed by atoms with Crippen molar-refractivity contribution in [3.05, 3.63) is 59.9 Å². The number of rotatable bonds is 4. The largest absolute Gasteiger partial charge is 0.369 e. The zero-order chi connectivity index (χ0) is 18.1. The van der Waals surface area contributed by atoms with Gasteiger partial charge in [-0.25, -0.2) is 9.07 Å². The van der Waals surface area contributed by atoms with Crippen molar-refractivity contribution in [2.24, 2.45) is 5.92 Å². The average Bonchev–Trinajstić information content (AvgIpc) is 3.01. The topological polar surface area (TPSA) is 41.9 Å². The van der Waals surface area contributed by atoms with E-state index in [0.717, 1.165) is 47.8 Å². The number of fused-ring (bicyclic) bond motifs is 1. The number of hydrogen-bond acceptors (Lipinski definition) is 3. The standard InChI is InChI=1S/C21H23FN4/c1-14-4-3-5-17(10-14)19-20(16-6-8-18(22)9-7-16)25-26-13-15(11-23-2)12-24-21(19)26/h3-10,15,23-24H,11-13H2,1-2H3. The molecule has 0 spiro atoms. The van der Waals surface area contributed by atoms with Gasteiger partial charge in [0.25, 0.3) is 0 Å². The highest BCUT2D eigenvalue weighted by Gasteiger charge is 2.26. The summed E-state index contributed by atoms with van der Waals surface area (Å²) >= 11 is 0. The van der Waals surface area contributed by atoms with Gasteiger partial charge in [-0.2, -0.15) is 5.10 Å². The summed E-state index contributed by atoms with van der Waals surface area (Å²) in [5, 5.41) is 11.7. The highest BCUT2D eigenvalue weighted by molar-refractivity contribution is 5.89. The number of hydrogen-bond donors (Lipinski definition) is 2. The van der Waals surface area contributed by atoms with E-state index < -0.39 is 0 Å². The molecule has 2 N–H and O–H groups in total. The molecule has 1 unspecified atom stereocenters. The summed E-state index contributed by atoms with van der Waals surface area (Å²) in [6.07, 6.45) is 0. The lowest BCUT2D eigenvalue weighted by molar-refractivity contribution is 0.403. The Morgan fingerprint density at radius 2 is 2.00 bits per heavy atom. The van der Waals surface area contributed by atoms with Crippen LogP contribution in [0.3, 0.4) is 0 Å². The maximum absolute atomic E-state index is 13.4. The number of aromatic nitrogens is 2. The molecule has 1 aliphatic heterocycles. The van der Waals surface area contributed by atoms with Crippen LogP contribution < -0.4 is 10.6 Å². The van der Waals surface area contributed by atoms with Gasteiger partial charge < -0.3 is 10.6 Å². The molecule has 1 atom stereocenters. The maximum atomic E-state index is 13.4. The van der Waals surface area contributed by atoms with Gasteiger partial charge in [-0.15, -0.1) is 0 Å². The van der Waals surface area contributed by atoms with Crippen LogP contribution in [0, 0.1) is 18.7 Å². The van der Waals surface area contributed by atoms with E-state index in [0.29, 0.717) is 5.92 Å². The van der Waals surface area contributed by atoms with E-state index in [1.165, 1.54) is 17.7 Å². The molecule has 3 aromatic rings. The Kier molecular flexibility index (Phi) is 4.47. The van der Waals surface area contributed by atoms with E-state index in [9.17, 15) is 4.39 Å². The molecule has 26 heavy (non-hydrogen) atoms. The van der Waals surface area contributed by atoms with Gasteiger partial charge in [-0.05, 0) is 43.8 Å². The molecule has 0 fully saturated rings. The highest BCUT2D eigenvalue weighted by Crippen LogP contribution is 2.39. The average molecular weight is 350 g/mol. The molecular formula is C21H23FN4. The molecule has 0 aliphatic carbocycles. The predicted molar refractivity (Wildman–Crippen MR) is 104 cm³/mol. The minimum atomic E-state index is -0.234. The van der Waals surface area contributed by atoms with Crippen molar-refractivity contribution in [3.63, 3.8) is 0 Å². The van der Waals surface area contributed by atoms with Crippen LogP contribution in [0.1, 0.15) is 5.56 Å². The second kappa shape index (κ2) is 6.92. The molecule has 5 heteroatoms. The smallest absolute Gasteiger partial charge is 0.132 e. The van der Waals surface area contributed by atoms with Crippen molar-refractivity contribution in [2.75, 3.05) is 25.5 Å². The van der Waals surface area contributed by atoms with Crippen molar-refractivity contribution < 1.29 is 4.39 Å². The highest BCUT2D eigenvalue weighted by atomic mass is 19.1. The molecule has 2 heterocycles. The van der Waals surface area contributed by atoms with Gasteiger partial charge in [0, 0.05) is 31.1 Å². The van der Waals surface area contributed by atoms with Crippen LogP contribution in [-0.4, -0.2) is 29.9 Å². The van der Waals surface area contributed by atoms with Crippen LogP contribution in [0.5, 0.6) is 0 Å². The lowest BCUT2D eigenvalue weighted by atomic mass is 9.98. The zero-order valence-corrected chi connectivity index (χ0v) is 15.1. The van der Waals surface area contributed by atoms with Crippen LogP contribution >= 0.6 is 0 Å². The van der Waals surface area contributed by atoms with Crippen molar-refractivity contribution in [3.8, 4) is 22.4 Å². The fourth-order valence-corrected chi connectivity index (χ4v) is 3.63. The lowest BCUT2D eigenvalue weighted by Gasteiger charge is -2.25. The van der Waals surface area contributed by atoms with Gasteiger partial charge >= 0.3 is 0 Å². The fourth-order valence-electron chi connectivity index (χ4n) is 3.63. The quantitative estimate of drug-likeness (QED) is 0.749. The van der Waals surface area contributed by atoms with Crippen LogP contribution in [0.2, 0.25) is 0 Å². The Bertz CT molecular complexity index is 914. The molecule has 0 saturated heterocycles. The van der Waals surface area contributed by atoms with E-state index in [-0.39, 0.29) is 5.82 Å². The van der Waals surface area contributed by atoms with Crippen molar-refractivity contribution >= 4 is 5.82 Å².